The van der Waals surface area contributed by atoms with Crippen LogP contribution in [0.3, 0.4) is 0 Å². The molecule has 1 fully saturated rings. The average molecular weight is 297 g/mol. The number of nitrogens with zero attached hydrogens (tertiary/aromatic N) is 2. The van der Waals surface area contributed by atoms with Crippen LogP contribution in [-0.4, -0.2) is 26.5 Å². The Bertz CT molecular complexity index is 555. The zero-order valence-electron chi connectivity index (χ0n) is 12.1. The number of sulfonamides is 1. The summed E-state index contributed by atoms with van der Waals surface area (Å²) in [7, 11) is -3.73. The summed E-state index contributed by atoms with van der Waals surface area (Å²) in [6, 6.07) is 3.43. The quantitative estimate of drug-likeness (QED) is 0.901. The number of rotatable bonds is 5. The molecular weight excluding hydrogens is 274 g/mol. The smallest absolute Gasteiger partial charge is 0.255 e. The molecule has 6 heteroatoms. The number of hydrogen-bond acceptors (Lipinski definition) is 4. The second-order valence-corrected chi connectivity index (χ2v) is 6.98. The number of pyridine rings is 1. The number of aromatic nitrogens is 1. The Balaban J connectivity index is 2.14. The number of hydrogen-bond donors (Lipinski definition) is 1. The molecule has 1 atom stereocenters. The third-order valence-electron chi connectivity index (χ3n) is 4.32. The van der Waals surface area contributed by atoms with Crippen molar-refractivity contribution in [2.75, 3.05) is 18.0 Å². The fraction of sp³-hybridized carbons (Fsp3) is 0.643. The Labute approximate surface area is 121 Å². The minimum atomic E-state index is -3.73. The summed E-state index contributed by atoms with van der Waals surface area (Å²) in [5, 5.41) is 5.08. The van der Waals surface area contributed by atoms with Gasteiger partial charge in [0.1, 0.15) is 0 Å². The van der Waals surface area contributed by atoms with Crippen molar-refractivity contribution in [1.82, 2.24) is 4.98 Å². The highest BCUT2D eigenvalue weighted by atomic mass is 32.2. The van der Waals surface area contributed by atoms with E-state index in [9.17, 15) is 8.42 Å². The first kappa shape index (κ1) is 15.3. The summed E-state index contributed by atoms with van der Waals surface area (Å²) >= 11 is 0. The normalized spacial score (nSPS) is 19.8. The fourth-order valence-electron chi connectivity index (χ4n) is 3.11. The fourth-order valence-corrected chi connectivity index (χ4v) is 3.61. The number of nitrogens with two attached hydrogens (primary N) is 1. The summed E-state index contributed by atoms with van der Waals surface area (Å²) in [6.07, 6.45) is 5.08. The Morgan fingerprint density at radius 1 is 1.45 bits per heavy atom. The van der Waals surface area contributed by atoms with Crippen molar-refractivity contribution in [3.63, 3.8) is 0 Å². The molecule has 1 saturated heterocycles. The molecule has 0 amide bonds. The van der Waals surface area contributed by atoms with Crippen molar-refractivity contribution >= 4 is 15.7 Å². The van der Waals surface area contributed by atoms with Gasteiger partial charge >= 0.3 is 0 Å². The van der Waals surface area contributed by atoms with Gasteiger partial charge in [-0.2, -0.15) is 0 Å². The van der Waals surface area contributed by atoms with Crippen LogP contribution < -0.4 is 10.0 Å². The summed E-state index contributed by atoms with van der Waals surface area (Å²) in [6.45, 7) is 6.43. The van der Waals surface area contributed by atoms with Crippen LogP contribution in [0.15, 0.2) is 23.4 Å². The van der Waals surface area contributed by atoms with Gasteiger partial charge in [0.15, 0.2) is 5.03 Å². The van der Waals surface area contributed by atoms with E-state index in [0.717, 1.165) is 24.7 Å². The van der Waals surface area contributed by atoms with Gasteiger partial charge in [-0.05, 0) is 24.3 Å². The number of primary sulfonamides is 1. The maximum absolute atomic E-state index is 11.4. The summed E-state index contributed by atoms with van der Waals surface area (Å²) in [5.41, 5.74) is 0.900. The van der Waals surface area contributed by atoms with Crippen LogP contribution in [0.1, 0.15) is 33.1 Å². The van der Waals surface area contributed by atoms with Gasteiger partial charge in [-0.3, -0.25) is 0 Å². The molecule has 1 aliphatic heterocycles. The van der Waals surface area contributed by atoms with Crippen molar-refractivity contribution in [2.45, 2.75) is 38.1 Å². The van der Waals surface area contributed by atoms with E-state index >= 15 is 0 Å². The van der Waals surface area contributed by atoms with Gasteiger partial charge in [0.2, 0.25) is 0 Å². The second kappa shape index (κ2) is 6.10. The van der Waals surface area contributed by atoms with Gasteiger partial charge in [0, 0.05) is 31.0 Å². The Kier molecular flexibility index (Phi) is 4.65. The standard InChI is InChI=1S/C14H23N3O2S/c1-3-11(4-2)12-6-8-17(10-12)13-5-7-16-14(9-13)20(15,18)19/h5,7,9,11-12H,3-4,6,8,10H2,1-2H3,(H2,15,18,19). The van der Waals surface area contributed by atoms with Crippen LogP contribution in [-0.2, 0) is 10.0 Å². The molecule has 0 aromatic carbocycles. The molecule has 112 valence electrons. The lowest BCUT2D eigenvalue weighted by Gasteiger charge is -2.22. The average Bonchev–Trinajstić information content (AvgIpc) is 2.89. The maximum atomic E-state index is 11.4. The van der Waals surface area contributed by atoms with Crippen LogP contribution in [0, 0.1) is 11.8 Å². The molecule has 0 spiro atoms. The predicted octanol–water partition coefficient (Wildman–Crippen LogP) is 1.99. The Hall–Kier alpha value is -1.14. The van der Waals surface area contributed by atoms with Gasteiger partial charge in [-0.1, -0.05) is 26.7 Å². The molecule has 1 unspecified atom stereocenters. The molecule has 2 rings (SSSR count). The summed E-state index contributed by atoms with van der Waals surface area (Å²) < 4.78 is 22.7. The topological polar surface area (TPSA) is 76.3 Å². The molecule has 5 nitrogen and oxygen atoms in total. The van der Waals surface area contributed by atoms with Gasteiger partial charge in [0.05, 0.1) is 0 Å². The molecule has 2 heterocycles. The molecule has 1 aromatic heterocycles. The van der Waals surface area contributed by atoms with Crippen molar-refractivity contribution in [3.05, 3.63) is 18.3 Å². The van der Waals surface area contributed by atoms with E-state index in [-0.39, 0.29) is 5.03 Å². The largest absolute Gasteiger partial charge is 0.371 e. The maximum Gasteiger partial charge on any atom is 0.255 e. The zero-order chi connectivity index (χ0) is 14.8. The lowest BCUT2D eigenvalue weighted by Crippen LogP contribution is -2.23. The predicted molar refractivity (Wildman–Crippen MR) is 80.0 cm³/mol. The van der Waals surface area contributed by atoms with Crippen LogP contribution in [0.25, 0.3) is 0 Å². The molecule has 1 aliphatic rings. The molecule has 0 saturated carbocycles. The highest BCUT2D eigenvalue weighted by Gasteiger charge is 2.28. The SMILES string of the molecule is CCC(CC)C1CCN(c2ccnc(S(N)(=O)=O)c2)C1. The van der Waals surface area contributed by atoms with E-state index in [4.69, 9.17) is 5.14 Å². The molecule has 0 aliphatic carbocycles. The summed E-state index contributed by atoms with van der Waals surface area (Å²) in [5.74, 6) is 1.44. The number of anilines is 1. The van der Waals surface area contributed by atoms with E-state index in [1.807, 2.05) is 6.07 Å². The van der Waals surface area contributed by atoms with E-state index in [2.05, 4.69) is 23.7 Å². The highest BCUT2D eigenvalue weighted by molar-refractivity contribution is 7.89. The Morgan fingerprint density at radius 3 is 2.75 bits per heavy atom. The summed E-state index contributed by atoms with van der Waals surface area (Å²) in [4.78, 5) is 6.06. The molecule has 1 aromatic rings. The van der Waals surface area contributed by atoms with E-state index < -0.39 is 10.0 Å². The third kappa shape index (κ3) is 3.30. The van der Waals surface area contributed by atoms with Crippen molar-refractivity contribution in [1.29, 1.82) is 0 Å². The minimum absolute atomic E-state index is 0.0546. The molecule has 0 radical (unpaired) electrons. The van der Waals surface area contributed by atoms with Crippen LogP contribution in [0.5, 0.6) is 0 Å². The van der Waals surface area contributed by atoms with Gasteiger partial charge in [0.25, 0.3) is 10.0 Å². The minimum Gasteiger partial charge on any atom is -0.371 e. The van der Waals surface area contributed by atoms with Gasteiger partial charge < -0.3 is 4.90 Å². The van der Waals surface area contributed by atoms with E-state index in [0.29, 0.717) is 5.92 Å². The van der Waals surface area contributed by atoms with Crippen molar-refractivity contribution in [2.24, 2.45) is 17.0 Å². The first-order chi connectivity index (χ1) is 9.45. The van der Waals surface area contributed by atoms with E-state index in [1.54, 1.807) is 6.07 Å². The second-order valence-electron chi connectivity index (χ2n) is 5.47. The van der Waals surface area contributed by atoms with Gasteiger partial charge in [-0.25, -0.2) is 18.5 Å². The molecule has 20 heavy (non-hydrogen) atoms. The van der Waals surface area contributed by atoms with Crippen molar-refractivity contribution in [3.8, 4) is 0 Å². The highest BCUT2D eigenvalue weighted by Crippen LogP contribution is 2.31. The zero-order valence-corrected chi connectivity index (χ0v) is 12.9. The third-order valence-corrected chi connectivity index (χ3v) is 5.12. The lowest BCUT2D eigenvalue weighted by molar-refractivity contribution is 0.339. The van der Waals surface area contributed by atoms with Crippen LogP contribution >= 0.6 is 0 Å². The molecule has 2 N–H and O–H groups in total. The van der Waals surface area contributed by atoms with Crippen LogP contribution in [0.4, 0.5) is 5.69 Å². The molecule has 0 bridgehead atoms. The molecular formula is C14H23N3O2S. The lowest BCUT2D eigenvalue weighted by atomic mass is 9.87. The first-order valence-electron chi connectivity index (χ1n) is 7.19. The van der Waals surface area contributed by atoms with E-state index in [1.165, 1.54) is 25.5 Å². The van der Waals surface area contributed by atoms with Crippen LogP contribution in [0.2, 0.25) is 0 Å². The Morgan fingerprint density at radius 2 is 2.15 bits per heavy atom. The monoisotopic (exact) mass is 297 g/mol. The van der Waals surface area contributed by atoms with Gasteiger partial charge in [-0.15, -0.1) is 0 Å². The van der Waals surface area contributed by atoms with Crippen molar-refractivity contribution < 1.29 is 8.42 Å². The first-order valence-corrected chi connectivity index (χ1v) is 8.74.